The van der Waals surface area contributed by atoms with Crippen molar-refractivity contribution in [3.63, 3.8) is 0 Å². The molecule has 40 heavy (non-hydrogen) atoms. The number of aryl methyl sites for hydroxylation is 2. The first-order valence-electron chi connectivity index (χ1n) is 14.0. The maximum atomic E-state index is 4.66. The molecule has 2 aromatic carbocycles. The van der Waals surface area contributed by atoms with Gasteiger partial charge in [0.2, 0.25) is 5.95 Å². The number of rotatable bonds is 7. The van der Waals surface area contributed by atoms with Gasteiger partial charge in [0.05, 0.1) is 5.69 Å². The van der Waals surface area contributed by atoms with Gasteiger partial charge >= 0.3 is 0 Å². The third-order valence-electron chi connectivity index (χ3n) is 8.04. The van der Waals surface area contributed by atoms with Gasteiger partial charge in [-0.2, -0.15) is 0 Å². The molecule has 0 amide bonds. The summed E-state index contributed by atoms with van der Waals surface area (Å²) in [6.45, 7) is 11.0. The van der Waals surface area contributed by atoms with E-state index in [4.69, 9.17) is 0 Å². The van der Waals surface area contributed by atoms with Gasteiger partial charge in [0.1, 0.15) is 6.33 Å². The Morgan fingerprint density at radius 3 is 2.65 bits per heavy atom. The summed E-state index contributed by atoms with van der Waals surface area (Å²) in [4.78, 5) is 22.4. The van der Waals surface area contributed by atoms with Gasteiger partial charge in [-0.3, -0.25) is 4.90 Å². The highest BCUT2D eigenvalue weighted by molar-refractivity contribution is 5.78. The van der Waals surface area contributed by atoms with E-state index in [1.807, 2.05) is 6.07 Å². The van der Waals surface area contributed by atoms with Crippen LogP contribution in [0.3, 0.4) is 0 Å². The minimum absolute atomic E-state index is 0.519. The van der Waals surface area contributed by atoms with Crippen molar-refractivity contribution < 1.29 is 0 Å². The molecule has 2 aromatic heterocycles. The second kappa shape index (κ2) is 11.5. The van der Waals surface area contributed by atoms with Gasteiger partial charge in [0.15, 0.2) is 0 Å². The first-order chi connectivity index (χ1) is 19.5. The molecule has 1 fully saturated rings. The van der Waals surface area contributed by atoms with Crippen molar-refractivity contribution in [1.29, 1.82) is 0 Å². The Kier molecular flexibility index (Phi) is 7.53. The van der Waals surface area contributed by atoms with Gasteiger partial charge in [0.25, 0.3) is 0 Å². The number of nitrogens with zero attached hydrogens (tertiary/aromatic N) is 6. The summed E-state index contributed by atoms with van der Waals surface area (Å²) in [6, 6.07) is 15.5. The quantitative estimate of drug-likeness (QED) is 0.314. The van der Waals surface area contributed by atoms with Gasteiger partial charge < -0.3 is 15.5 Å². The molecule has 204 valence electrons. The lowest BCUT2D eigenvalue weighted by atomic mass is 9.85. The van der Waals surface area contributed by atoms with Crippen molar-refractivity contribution in [3.05, 3.63) is 96.2 Å². The van der Waals surface area contributed by atoms with Gasteiger partial charge in [-0.15, -0.1) is 0 Å². The lowest BCUT2D eigenvalue weighted by molar-refractivity contribution is 0.102. The summed E-state index contributed by atoms with van der Waals surface area (Å²) in [6.07, 6.45) is 10.4. The molecule has 2 aliphatic rings. The molecule has 1 aliphatic carbocycles. The van der Waals surface area contributed by atoms with Gasteiger partial charge in [-0.1, -0.05) is 24.8 Å². The molecule has 1 saturated heterocycles. The van der Waals surface area contributed by atoms with E-state index >= 15 is 0 Å². The molecule has 0 radical (unpaired) electrons. The van der Waals surface area contributed by atoms with Crippen molar-refractivity contribution >= 4 is 23.0 Å². The van der Waals surface area contributed by atoms with E-state index in [-0.39, 0.29) is 0 Å². The molecule has 8 heteroatoms. The molecule has 3 heterocycles. The summed E-state index contributed by atoms with van der Waals surface area (Å²) >= 11 is 0. The maximum Gasteiger partial charge on any atom is 0.227 e. The number of nitrogens with one attached hydrogen (secondary N) is 2. The van der Waals surface area contributed by atoms with Crippen molar-refractivity contribution in [3.8, 4) is 11.3 Å². The molecule has 4 aromatic rings. The van der Waals surface area contributed by atoms with Gasteiger partial charge in [-0.25, -0.2) is 19.9 Å². The average Bonchev–Trinajstić information content (AvgIpc) is 2.99. The minimum Gasteiger partial charge on any atom is -0.355 e. The number of hydrogen-bond donors (Lipinski definition) is 2. The second-order valence-corrected chi connectivity index (χ2v) is 10.8. The standard InChI is InChI=1S/C32H36N8/c1-22-7-9-27(18-30(22)38-32-35-12-11-29(37-32)26-19-33-21-34-20-26)36-23(2)24-8-10-28-25(17-24)5-4-6-31(28)40-15-13-39(3)14-16-40/h7-12,17-21,31,36H,2,4-6,13-16H2,1,3H3,(H,35,37,38). The summed E-state index contributed by atoms with van der Waals surface area (Å²) in [5, 5.41) is 6.90. The average molecular weight is 533 g/mol. The van der Waals surface area contributed by atoms with Crippen LogP contribution in [0.5, 0.6) is 0 Å². The monoisotopic (exact) mass is 532 g/mol. The SMILES string of the molecule is C=C(Nc1ccc(C)c(Nc2nccc(-c3cncnc3)n2)c1)c1ccc2c(c1)CCCC2N1CCN(C)CC1. The van der Waals surface area contributed by atoms with Crippen molar-refractivity contribution in [2.75, 3.05) is 43.9 Å². The molecule has 2 N–H and O–H groups in total. The van der Waals surface area contributed by atoms with Crippen LogP contribution in [0, 0.1) is 6.92 Å². The number of benzene rings is 2. The van der Waals surface area contributed by atoms with E-state index in [1.165, 1.54) is 30.3 Å². The number of likely N-dealkylation sites (N-methyl/N-ethyl adjacent to an activating group) is 1. The highest BCUT2D eigenvalue weighted by atomic mass is 15.3. The van der Waals surface area contributed by atoms with Crippen molar-refractivity contribution in [1.82, 2.24) is 29.7 Å². The van der Waals surface area contributed by atoms with E-state index in [0.717, 1.165) is 72.1 Å². The van der Waals surface area contributed by atoms with E-state index in [0.29, 0.717) is 12.0 Å². The summed E-state index contributed by atoms with van der Waals surface area (Å²) in [7, 11) is 2.22. The second-order valence-electron chi connectivity index (χ2n) is 10.8. The van der Waals surface area contributed by atoms with E-state index in [1.54, 1.807) is 18.6 Å². The molecular weight excluding hydrogens is 496 g/mol. The summed E-state index contributed by atoms with van der Waals surface area (Å²) in [5.74, 6) is 0.519. The zero-order valence-electron chi connectivity index (χ0n) is 23.3. The van der Waals surface area contributed by atoms with Crippen LogP contribution in [-0.2, 0) is 6.42 Å². The number of aromatic nitrogens is 4. The molecule has 1 atom stereocenters. The first-order valence-corrected chi connectivity index (χ1v) is 14.0. The van der Waals surface area contributed by atoms with Crippen LogP contribution >= 0.6 is 0 Å². The predicted octanol–water partition coefficient (Wildman–Crippen LogP) is 5.69. The number of anilines is 3. The normalized spacial score (nSPS) is 17.7. The van der Waals surface area contributed by atoms with Crippen LogP contribution in [0.2, 0.25) is 0 Å². The third-order valence-corrected chi connectivity index (χ3v) is 8.04. The lowest BCUT2D eigenvalue weighted by Crippen LogP contribution is -2.46. The van der Waals surface area contributed by atoms with Crippen LogP contribution in [0.15, 0.2) is 74.0 Å². The smallest absolute Gasteiger partial charge is 0.227 e. The molecule has 0 saturated carbocycles. The van der Waals surface area contributed by atoms with Gasteiger partial charge in [-0.05, 0) is 79.8 Å². The van der Waals surface area contributed by atoms with Crippen LogP contribution in [0.1, 0.15) is 41.1 Å². The number of piperazine rings is 1. The molecule has 1 unspecified atom stereocenters. The molecule has 1 aliphatic heterocycles. The van der Waals surface area contributed by atoms with Crippen LogP contribution in [-0.4, -0.2) is 63.0 Å². The Hall–Kier alpha value is -4.14. The maximum absolute atomic E-state index is 4.66. The summed E-state index contributed by atoms with van der Waals surface area (Å²) in [5.41, 5.74) is 9.57. The first kappa shape index (κ1) is 26.1. The van der Waals surface area contributed by atoms with Crippen molar-refractivity contribution in [2.45, 2.75) is 32.2 Å². The van der Waals surface area contributed by atoms with Gasteiger partial charge in [0, 0.05) is 73.4 Å². The Balaban J connectivity index is 1.16. The fourth-order valence-corrected chi connectivity index (χ4v) is 5.70. The third kappa shape index (κ3) is 5.73. The Bertz CT molecular complexity index is 1490. The molecule has 8 nitrogen and oxygen atoms in total. The highest BCUT2D eigenvalue weighted by Crippen LogP contribution is 2.36. The minimum atomic E-state index is 0.519. The number of hydrogen-bond acceptors (Lipinski definition) is 8. The number of fused-ring (bicyclic) bond motifs is 1. The summed E-state index contributed by atoms with van der Waals surface area (Å²) < 4.78 is 0. The molecule has 0 spiro atoms. The van der Waals surface area contributed by atoms with E-state index < -0.39 is 0 Å². The fourth-order valence-electron chi connectivity index (χ4n) is 5.70. The van der Waals surface area contributed by atoms with E-state index in [9.17, 15) is 0 Å². The van der Waals surface area contributed by atoms with E-state index in [2.05, 4.69) is 97.3 Å². The zero-order chi connectivity index (χ0) is 27.5. The Labute approximate surface area is 236 Å². The lowest BCUT2D eigenvalue weighted by Gasteiger charge is -2.40. The largest absolute Gasteiger partial charge is 0.355 e. The Morgan fingerprint density at radius 2 is 1.82 bits per heavy atom. The molecular formula is C32H36N8. The zero-order valence-corrected chi connectivity index (χ0v) is 23.3. The van der Waals surface area contributed by atoms with Crippen LogP contribution in [0.25, 0.3) is 17.0 Å². The topological polar surface area (TPSA) is 82.1 Å². The van der Waals surface area contributed by atoms with Crippen molar-refractivity contribution in [2.24, 2.45) is 0 Å². The molecule has 0 bridgehead atoms. The van der Waals surface area contributed by atoms with Crippen LogP contribution < -0.4 is 10.6 Å². The Morgan fingerprint density at radius 1 is 1.00 bits per heavy atom. The highest BCUT2D eigenvalue weighted by Gasteiger charge is 2.28. The van der Waals surface area contributed by atoms with Crippen LogP contribution in [0.4, 0.5) is 17.3 Å². The fraction of sp³-hybridized carbons (Fsp3) is 0.312. The molecule has 6 rings (SSSR count). The predicted molar refractivity (Wildman–Crippen MR) is 161 cm³/mol.